The molecule has 3 heteroatoms. The first-order chi connectivity index (χ1) is 8.22. The lowest BCUT2D eigenvalue weighted by molar-refractivity contribution is 0.490. The molecule has 0 radical (unpaired) electrons. The first kappa shape index (κ1) is 12.2. The molecule has 0 fully saturated rings. The lowest BCUT2D eigenvalue weighted by atomic mass is 9.98. The normalized spacial score (nSPS) is 17.0. The van der Waals surface area contributed by atoms with E-state index in [9.17, 15) is 8.78 Å². The molecule has 0 spiro atoms. The molecule has 0 saturated carbocycles. The van der Waals surface area contributed by atoms with Crippen LogP contribution in [0.4, 0.5) is 8.78 Å². The fourth-order valence-electron chi connectivity index (χ4n) is 2.36. The second kappa shape index (κ2) is 5.41. The molecule has 0 amide bonds. The largest absolute Gasteiger partial charge is 0.313 e. The van der Waals surface area contributed by atoms with Crippen LogP contribution in [-0.2, 0) is 6.42 Å². The predicted octanol–water partition coefficient (Wildman–Crippen LogP) is 3.21. The summed E-state index contributed by atoms with van der Waals surface area (Å²) < 4.78 is 26.7. The minimum atomic E-state index is -0.766. The first-order valence-electron chi connectivity index (χ1n) is 6.01. The SMILES string of the molecule is CNC(Cc1cccc(F)c1F)C1=CCCC1. The second-order valence-corrected chi connectivity index (χ2v) is 4.43. The van der Waals surface area contributed by atoms with Gasteiger partial charge in [0.1, 0.15) is 0 Å². The smallest absolute Gasteiger partial charge is 0.162 e. The monoisotopic (exact) mass is 237 g/mol. The molecule has 1 aliphatic carbocycles. The zero-order valence-corrected chi connectivity index (χ0v) is 9.97. The van der Waals surface area contributed by atoms with Crippen molar-refractivity contribution in [1.29, 1.82) is 0 Å². The minimum Gasteiger partial charge on any atom is -0.313 e. The Morgan fingerprint density at radius 1 is 1.35 bits per heavy atom. The van der Waals surface area contributed by atoms with Gasteiger partial charge in [0.25, 0.3) is 0 Å². The molecule has 17 heavy (non-hydrogen) atoms. The molecular formula is C14H17F2N. The summed E-state index contributed by atoms with van der Waals surface area (Å²) in [4.78, 5) is 0. The number of hydrogen-bond acceptors (Lipinski definition) is 1. The lowest BCUT2D eigenvalue weighted by Crippen LogP contribution is -2.29. The van der Waals surface area contributed by atoms with E-state index in [0.717, 1.165) is 18.9 Å². The molecule has 0 aliphatic heterocycles. The molecule has 0 bridgehead atoms. The third-order valence-electron chi connectivity index (χ3n) is 3.33. The molecule has 2 rings (SSSR count). The van der Waals surface area contributed by atoms with Gasteiger partial charge in [-0.15, -0.1) is 0 Å². The van der Waals surface area contributed by atoms with Crippen molar-refractivity contribution >= 4 is 0 Å². The van der Waals surface area contributed by atoms with Crippen LogP contribution in [0.25, 0.3) is 0 Å². The van der Waals surface area contributed by atoms with Crippen molar-refractivity contribution in [1.82, 2.24) is 5.32 Å². The summed E-state index contributed by atoms with van der Waals surface area (Å²) in [6.07, 6.45) is 6.03. The van der Waals surface area contributed by atoms with Crippen molar-refractivity contribution < 1.29 is 8.78 Å². The Hall–Kier alpha value is -1.22. The zero-order chi connectivity index (χ0) is 12.3. The standard InChI is InChI=1S/C14H17F2N/c1-17-13(10-5-2-3-6-10)9-11-7-4-8-12(15)14(11)16/h4-5,7-8,13,17H,2-3,6,9H2,1H3. The van der Waals surface area contributed by atoms with Gasteiger partial charge in [0.15, 0.2) is 11.6 Å². The van der Waals surface area contributed by atoms with Crippen LogP contribution in [0.5, 0.6) is 0 Å². The van der Waals surface area contributed by atoms with E-state index in [1.54, 1.807) is 12.1 Å². The van der Waals surface area contributed by atoms with Crippen molar-refractivity contribution in [3.05, 3.63) is 47.0 Å². The maximum absolute atomic E-state index is 13.6. The number of likely N-dealkylation sites (N-methyl/N-ethyl adjacent to an activating group) is 1. The minimum absolute atomic E-state index is 0.119. The van der Waals surface area contributed by atoms with Crippen molar-refractivity contribution in [2.45, 2.75) is 31.7 Å². The fraction of sp³-hybridized carbons (Fsp3) is 0.429. The van der Waals surface area contributed by atoms with Crippen LogP contribution in [0.3, 0.4) is 0 Å². The molecule has 0 saturated heterocycles. The number of benzene rings is 1. The lowest BCUT2D eigenvalue weighted by Gasteiger charge is -2.18. The van der Waals surface area contributed by atoms with Crippen LogP contribution in [0, 0.1) is 11.6 Å². The molecule has 1 unspecified atom stereocenters. The Balaban J connectivity index is 2.15. The van der Waals surface area contributed by atoms with E-state index in [1.165, 1.54) is 12.0 Å². The molecule has 1 atom stereocenters. The quantitative estimate of drug-likeness (QED) is 0.793. The fourth-order valence-corrected chi connectivity index (χ4v) is 2.36. The Labute approximate surface area is 101 Å². The summed E-state index contributed by atoms with van der Waals surface area (Å²) in [6.45, 7) is 0. The van der Waals surface area contributed by atoms with Gasteiger partial charge in [-0.25, -0.2) is 8.78 Å². The van der Waals surface area contributed by atoms with Crippen LogP contribution in [-0.4, -0.2) is 13.1 Å². The van der Waals surface area contributed by atoms with Crippen molar-refractivity contribution in [2.24, 2.45) is 0 Å². The molecular weight excluding hydrogens is 220 g/mol. The number of halogens is 2. The van der Waals surface area contributed by atoms with Crippen LogP contribution >= 0.6 is 0 Å². The highest BCUT2D eigenvalue weighted by atomic mass is 19.2. The third kappa shape index (κ3) is 2.72. The van der Waals surface area contributed by atoms with Crippen LogP contribution in [0.15, 0.2) is 29.8 Å². The summed E-state index contributed by atoms with van der Waals surface area (Å²) in [5.41, 5.74) is 1.76. The van der Waals surface area contributed by atoms with Gasteiger partial charge in [-0.3, -0.25) is 0 Å². The highest BCUT2D eigenvalue weighted by molar-refractivity contribution is 5.24. The first-order valence-corrected chi connectivity index (χ1v) is 6.01. The van der Waals surface area contributed by atoms with E-state index in [4.69, 9.17) is 0 Å². The van der Waals surface area contributed by atoms with E-state index < -0.39 is 11.6 Å². The van der Waals surface area contributed by atoms with E-state index in [2.05, 4.69) is 11.4 Å². The van der Waals surface area contributed by atoms with Crippen LogP contribution in [0.1, 0.15) is 24.8 Å². The van der Waals surface area contributed by atoms with Gasteiger partial charge in [-0.2, -0.15) is 0 Å². The van der Waals surface area contributed by atoms with Crippen LogP contribution in [0.2, 0.25) is 0 Å². The number of rotatable bonds is 4. The van der Waals surface area contributed by atoms with Crippen molar-refractivity contribution in [2.75, 3.05) is 7.05 Å². The van der Waals surface area contributed by atoms with Crippen LogP contribution < -0.4 is 5.32 Å². The Morgan fingerprint density at radius 2 is 2.18 bits per heavy atom. The van der Waals surface area contributed by atoms with Gasteiger partial charge in [-0.05, 0) is 44.4 Å². The Morgan fingerprint density at radius 3 is 2.82 bits per heavy atom. The molecule has 1 N–H and O–H groups in total. The van der Waals surface area contributed by atoms with Gasteiger partial charge in [-0.1, -0.05) is 23.8 Å². The average molecular weight is 237 g/mol. The van der Waals surface area contributed by atoms with Gasteiger partial charge in [0.2, 0.25) is 0 Å². The number of allylic oxidation sites excluding steroid dienone is 1. The van der Waals surface area contributed by atoms with E-state index in [0.29, 0.717) is 12.0 Å². The molecule has 1 aromatic rings. The summed E-state index contributed by atoms with van der Waals surface area (Å²) >= 11 is 0. The van der Waals surface area contributed by atoms with E-state index in [-0.39, 0.29) is 6.04 Å². The molecule has 0 heterocycles. The summed E-state index contributed by atoms with van der Waals surface area (Å²) in [6, 6.07) is 4.48. The maximum atomic E-state index is 13.6. The van der Waals surface area contributed by atoms with Gasteiger partial charge in [0, 0.05) is 6.04 Å². The Bertz CT molecular complexity index is 426. The molecule has 0 aromatic heterocycles. The van der Waals surface area contributed by atoms with E-state index in [1.807, 2.05) is 7.05 Å². The van der Waals surface area contributed by atoms with Crippen molar-refractivity contribution in [3.8, 4) is 0 Å². The van der Waals surface area contributed by atoms with Gasteiger partial charge < -0.3 is 5.32 Å². The molecule has 1 aliphatic rings. The highest BCUT2D eigenvalue weighted by Crippen LogP contribution is 2.24. The van der Waals surface area contributed by atoms with E-state index >= 15 is 0 Å². The third-order valence-corrected chi connectivity index (χ3v) is 3.33. The summed E-state index contributed by atoms with van der Waals surface area (Å²) in [5, 5.41) is 3.18. The molecule has 92 valence electrons. The predicted molar refractivity (Wildman–Crippen MR) is 64.8 cm³/mol. The summed E-state index contributed by atoms with van der Waals surface area (Å²) in [5.74, 6) is -1.48. The molecule has 1 aromatic carbocycles. The average Bonchev–Trinajstić information content (AvgIpc) is 2.85. The topological polar surface area (TPSA) is 12.0 Å². The van der Waals surface area contributed by atoms with Crippen molar-refractivity contribution in [3.63, 3.8) is 0 Å². The zero-order valence-electron chi connectivity index (χ0n) is 9.97. The number of nitrogens with one attached hydrogen (secondary N) is 1. The maximum Gasteiger partial charge on any atom is 0.162 e. The second-order valence-electron chi connectivity index (χ2n) is 4.43. The van der Waals surface area contributed by atoms with Gasteiger partial charge in [0.05, 0.1) is 0 Å². The number of hydrogen-bond donors (Lipinski definition) is 1. The Kier molecular flexibility index (Phi) is 3.89. The summed E-state index contributed by atoms with van der Waals surface area (Å²) in [7, 11) is 1.86. The highest BCUT2D eigenvalue weighted by Gasteiger charge is 2.18. The van der Waals surface area contributed by atoms with Gasteiger partial charge >= 0.3 is 0 Å². The molecule has 1 nitrogen and oxygen atoms in total.